The van der Waals surface area contributed by atoms with Crippen molar-refractivity contribution in [3.8, 4) is 0 Å². The molecule has 0 saturated carbocycles. The fourth-order valence-corrected chi connectivity index (χ4v) is 5.14. The maximum absolute atomic E-state index is 13.5. The van der Waals surface area contributed by atoms with Crippen molar-refractivity contribution in [3.63, 3.8) is 0 Å². The van der Waals surface area contributed by atoms with Gasteiger partial charge in [-0.15, -0.1) is 0 Å². The highest BCUT2D eigenvalue weighted by molar-refractivity contribution is 7.92. The van der Waals surface area contributed by atoms with Crippen LogP contribution in [0.2, 0.25) is 5.02 Å². The number of carbonyl (C=O) groups excluding carboxylic acids is 1. The summed E-state index contributed by atoms with van der Waals surface area (Å²) in [7, 11) is -4.39. The molecule has 10 heteroatoms. The van der Waals surface area contributed by atoms with Crippen molar-refractivity contribution >= 4 is 38.9 Å². The first-order valence-corrected chi connectivity index (χ1v) is 13.1. The molecule has 0 aliphatic carbocycles. The van der Waals surface area contributed by atoms with E-state index in [0.717, 1.165) is 42.5 Å². The SMILES string of the molecule is CCCCc1ccc(NC(=O)CN(c2ccc(Cl)c(C(F)(F)F)c2)S(=O)(=O)c2ccc(C)cc2)cc1. The Bertz CT molecular complexity index is 1310. The molecule has 3 rings (SSSR count). The molecule has 192 valence electrons. The predicted octanol–water partition coefficient (Wildman–Crippen LogP) is 6.84. The van der Waals surface area contributed by atoms with Crippen LogP contribution in [0.4, 0.5) is 24.5 Å². The van der Waals surface area contributed by atoms with Gasteiger partial charge in [0, 0.05) is 5.69 Å². The van der Waals surface area contributed by atoms with Crippen LogP contribution in [0.25, 0.3) is 0 Å². The van der Waals surface area contributed by atoms with Gasteiger partial charge in [-0.25, -0.2) is 8.42 Å². The Morgan fingerprint density at radius 1 is 1.00 bits per heavy atom. The maximum Gasteiger partial charge on any atom is 0.417 e. The number of nitrogens with zero attached hydrogens (tertiary/aromatic N) is 1. The molecule has 0 radical (unpaired) electrons. The summed E-state index contributed by atoms with van der Waals surface area (Å²) in [6.07, 6.45) is -1.84. The number of carbonyl (C=O) groups is 1. The van der Waals surface area contributed by atoms with Gasteiger partial charge < -0.3 is 5.32 Å². The van der Waals surface area contributed by atoms with E-state index in [1.54, 1.807) is 31.2 Å². The van der Waals surface area contributed by atoms with Crippen LogP contribution in [0.3, 0.4) is 0 Å². The fraction of sp³-hybridized carbons (Fsp3) is 0.269. The molecule has 0 aromatic heterocycles. The fourth-order valence-electron chi connectivity index (χ4n) is 3.50. The second-order valence-corrected chi connectivity index (χ2v) is 10.6. The van der Waals surface area contributed by atoms with Gasteiger partial charge in [-0.05, 0) is 67.8 Å². The highest BCUT2D eigenvalue weighted by Crippen LogP contribution is 2.38. The number of amides is 1. The minimum Gasteiger partial charge on any atom is -0.325 e. The molecular weight excluding hydrogens is 513 g/mol. The van der Waals surface area contributed by atoms with Crippen molar-refractivity contribution in [2.75, 3.05) is 16.2 Å². The lowest BCUT2D eigenvalue weighted by atomic mass is 10.1. The number of benzene rings is 3. The lowest BCUT2D eigenvalue weighted by Gasteiger charge is -2.25. The molecule has 0 bridgehead atoms. The molecule has 1 N–H and O–H groups in total. The zero-order valence-corrected chi connectivity index (χ0v) is 21.3. The quantitative estimate of drug-likeness (QED) is 0.324. The van der Waals surface area contributed by atoms with E-state index in [4.69, 9.17) is 11.6 Å². The first-order valence-electron chi connectivity index (χ1n) is 11.3. The van der Waals surface area contributed by atoms with E-state index >= 15 is 0 Å². The molecule has 0 unspecified atom stereocenters. The number of unbranched alkanes of at least 4 members (excludes halogenated alkanes) is 1. The molecular formula is C26H26ClF3N2O3S. The van der Waals surface area contributed by atoms with Gasteiger partial charge in [-0.3, -0.25) is 9.10 Å². The third-order valence-electron chi connectivity index (χ3n) is 5.50. The summed E-state index contributed by atoms with van der Waals surface area (Å²) in [4.78, 5) is 12.7. The number of rotatable bonds is 9. The average Bonchev–Trinajstić information content (AvgIpc) is 2.82. The van der Waals surface area contributed by atoms with Crippen LogP contribution in [0.5, 0.6) is 0 Å². The second-order valence-electron chi connectivity index (χ2n) is 8.34. The average molecular weight is 539 g/mol. The zero-order chi connectivity index (χ0) is 26.5. The van der Waals surface area contributed by atoms with Crippen LogP contribution in [0, 0.1) is 6.92 Å². The number of sulfonamides is 1. The van der Waals surface area contributed by atoms with E-state index in [1.165, 1.54) is 12.1 Å². The van der Waals surface area contributed by atoms with Gasteiger partial charge in [0.2, 0.25) is 5.91 Å². The number of anilines is 2. The molecule has 1 amide bonds. The van der Waals surface area contributed by atoms with Crippen LogP contribution in [-0.4, -0.2) is 20.9 Å². The summed E-state index contributed by atoms with van der Waals surface area (Å²) in [5, 5.41) is 2.04. The standard InChI is InChI=1S/C26H26ClF3N2O3S/c1-3-4-5-19-8-10-20(11-9-19)31-25(33)17-32(36(34,35)22-13-6-18(2)7-14-22)21-12-15-24(27)23(16-21)26(28,29)30/h6-16H,3-5,17H2,1-2H3,(H,31,33). The van der Waals surface area contributed by atoms with E-state index < -0.39 is 39.2 Å². The van der Waals surface area contributed by atoms with Crippen LogP contribution in [0.1, 0.15) is 36.5 Å². The van der Waals surface area contributed by atoms with E-state index in [1.807, 2.05) is 12.1 Å². The number of alkyl halides is 3. The highest BCUT2D eigenvalue weighted by Gasteiger charge is 2.35. The Balaban J connectivity index is 1.95. The minimum absolute atomic E-state index is 0.162. The van der Waals surface area contributed by atoms with Crippen LogP contribution in [-0.2, 0) is 27.4 Å². The molecule has 0 atom stereocenters. The molecule has 0 spiro atoms. The second kappa shape index (κ2) is 11.3. The van der Waals surface area contributed by atoms with Crippen LogP contribution < -0.4 is 9.62 Å². The van der Waals surface area contributed by atoms with Crippen molar-refractivity contribution in [1.29, 1.82) is 0 Å². The summed E-state index contributed by atoms with van der Waals surface area (Å²) in [6.45, 7) is 3.11. The third kappa shape index (κ3) is 6.79. The minimum atomic E-state index is -4.81. The van der Waals surface area contributed by atoms with Crippen molar-refractivity contribution < 1.29 is 26.4 Å². The Morgan fingerprint density at radius 3 is 2.22 bits per heavy atom. The third-order valence-corrected chi connectivity index (χ3v) is 7.61. The molecule has 0 aliphatic heterocycles. The monoisotopic (exact) mass is 538 g/mol. The van der Waals surface area contributed by atoms with Gasteiger partial charge in [0.05, 0.1) is 21.2 Å². The number of halogens is 4. The normalized spacial score (nSPS) is 11.8. The van der Waals surface area contributed by atoms with Gasteiger partial charge in [-0.1, -0.05) is 54.8 Å². The molecule has 5 nitrogen and oxygen atoms in total. The lowest BCUT2D eigenvalue weighted by molar-refractivity contribution is -0.137. The van der Waals surface area contributed by atoms with E-state index in [2.05, 4.69) is 12.2 Å². The van der Waals surface area contributed by atoms with Gasteiger partial charge in [0.15, 0.2) is 0 Å². The number of aryl methyl sites for hydroxylation is 2. The zero-order valence-electron chi connectivity index (χ0n) is 19.8. The topological polar surface area (TPSA) is 66.5 Å². The summed E-state index contributed by atoms with van der Waals surface area (Å²) >= 11 is 5.72. The van der Waals surface area contributed by atoms with E-state index in [-0.39, 0.29) is 10.6 Å². The Kier molecular flexibility index (Phi) is 8.68. The number of hydrogen-bond acceptors (Lipinski definition) is 3. The van der Waals surface area contributed by atoms with Crippen molar-refractivity contribution in [2.45, 2.75) is 44.2 Å². The summed E-state index contributed by atoms with van der Waals surface area (Å²) in [5.74, 6) is -0.712. The first-order chi connectivity index (χ1) is 16.9. The van der Waals surface area contributed by atoms with E-state index in [0.29, 0.717) is 16.1 Å². The number of hydrogen-bond donors (Lipinski definition) is 1. The van der Waals surface area contributed by atoms with Gasteiger partial charge in [0.1, 0.15) is 6.54 Å². The molecule has 3 aromatic rings. The molecule has 0 saturated heterocycles. The van der Waals surface area contributed by atoms with Gasteiger partial charge >= 0.3 is 6.18 Å². The maximum atomic E-state index is 13.5. The Hall–Kier alpha value is -3.04. The van der Waals surface area contributed by atoms with Crippen molar-refractivity contribution in [1.82, 2.24) is 0 Å². The highest BCUT2D eigenvalue weighted by atomic mass is 35.5. The molecule has 0 fully saturated rings. The summed E-state index contributed by atoms with van der Waals surface area (Å²) < 4.78 is 68.0. The molecule has 36 heavy (non-hydrogen) atoms. The largest absolute Gasteiger partial charge is 0.417 e. The molecule has 3 aromatic carbocycles. The van der Waals surface area contributed by atoms with Gasteiger partial charge in [-0.2, -0.15) is 13.2 Å². The van der Waals surface area contributed by atoms with Crippen LogP contribution in [0.15, 0.2) is 71.6 Å². The first kappa shape index (κ1) is 27.5. The molecule has 0 aliphatic rings. The Morgan fingerprint density at radius 2 is 1.64 bits per heavy atom. The Labute approximate surface area is 213 Å². The van der Waals surface area contributed by atoms with E-state index in [9.17, 15) is 26.4 Å². The summed E-state index contributed by atoms with van der Waals surface area (Å²) in [6, 6.07) is 15.7. The molecule has 0 heterocycles. The lowest BCUT2D eigenvalue weighted by Crippen LogP contribution is -2.38. The predicted molar refractivity (Wildman–Crippen MR) is 136 cm³/mol. The number of nitrogens with one attached hydrogen (secondary N) is 1. The summed E-state index contributed by atoms with van der Waals surface area (Å²) in [5.41, 5.74) is 0.803. The smallest absolute Gasteiger partial charge is 0.325 e. The van der Waals surface area contributed by atoms with Crippen molar-refractivity contribution in [3.05, 3.63) is 88.4 Å². The van der Waals surface area contributed by atoms with Crippen molar-refractivity contribution in [2.24, 2.45) is 0 Å². The van der Waals surface area contributed by atoms with Gasteiger partial charge in [0.25, 0.3) is 10.0 Å². The van der Waals surface area contributed by atoms with Crippen LogP contribution >= 0.6 is 11.6 Å².